The molecule has 0 aliphatic carbocycles. The van der Waals surface area contributed by atoms with Crippen molar-refractivity contribution in [3.63, 3.8) is 0 Å². The van der Waals surface area contributed by atoms with Crippen LogP contribution >= 0.6 is 0 Å². The van der Waals surface area contributed by atoms with Crippen LogP contribution in [0.4, 0.5) is 0 Å². The minimum atomic E-state index is -1.12. The van der Waals surface area contributed by atoms with Crippen LogP contribution in [0.3, 0.4) is 0 Å². The molecule has 3 aliphatic rings. The molecule has 0 aromatic heterocycles. The second-order valence-electron chi connectivity index (χ2n) is 12.2. The second-order valence-corrected chi connectivity index (χ2v) is 12.2. The Hall–Kier alpha value is -2.97. The first-order valence-corrected chi connectivity index (χ1v) is 15.1. The zero-order valence-corrected chi connectivity index (χ0v) is 25.1. The second kappa shape index (κ2) is 12.5. The van der Waals surface area contributed by atoms with Gasteiger partial charge in [-0.25, -0.2) is 0 Å². The molecule has 1 spiro atoms. The van der Waals surface area contributed by atoms with Gasteiger partial charge in [-0.2, -0.15) is 0 Å². The number of aliphatic hydroxyl groups excluding tert-OH is 1. The molecule has 8 nitrogen and oxygen atoms in total. The predicted octanol–water partition coefficient (Wildman–Crippen LogP) is 3.80. The molecule has 0 radical (unpaired) electrons. The summed E-state index contributed by atoms with van der Waals surface area (Å²) in [6, 6.07) is 8.86. The number of likely N-dealkylation sites (tertiary alicyclic amines) is 1. The lowest BCUT2D eigenvalue weighted by molar-refractivity contribution is -0.156. The zero-order chi connectivity index (χ0) is 29.9. The number of carbonyl (C=O) groups is 3. The van der Waals surface area contributed by atoms with Crippen LogP contribution in [0.25, 0.3) is 0 Å². The van der Waals surface area contributed by atoms with Gasteiger partial charge in [-0.15, -0.1) is 13.2 Å². The van der Waals surface area contributed by atoms with E-state index in [2.05, 4.69) is 27.0 Å². The lowest BCUT2D eigenvalue weighted by Crippen LogP contribution is -2.58. The molecule has 4 rings (SSSR count). The summed E-state index contributed by atoms with van der Waals surface area (Å²) in [6.45, 7) is 17.1. The van der Waals surface area contributed by atoms with E-state index in [1.165, 1.54) is 0 Å². The smallest absolute Gasteiger partial charge is 0.248 e. The Morgan fingerprint density at radius 1 is 1.20 bits per heavy atom. The SMILES string of the molecule is C=CCN(Cc1ccccc1)C(=O)[C@H]1[C@H]2C(=O)N(CCCO)C(C(=O)N(CC=C)C(C)CCC)C23CC(C)[C@]1(C)O3. The number of ether oxygens (including phenoxy) is 1. The van der Waals surface area contributed by atoms with Crippen molar-refractivity contribution in [3.8, 4) is 0 Å². The van der Waals surface area contributed by atoms with E-state index in [-0.39, 0.29) is 42.8 Å². The van der Waals surface area contributed by atoms with E-state index >= 15 is 0 Å². The molecule has 1 aromatic rings. The highest BCUT2D eigenvalue weighted by Crippen LogP contribution is 2.65. The number of amides is 3. The summed E-state index contributed by atoms with van der Waals surface area (Å²) in [5, 5.41) is 9.67. The van der Waals surface area contributed by atoms with Crippen molar-refractivity contribution in [1.82, 2.24) is 14.7 Å². The molecular formula is C33H47N3O5. The summed E-state index contributed by atoms with van der Waals surface area (Å²) < 4.78 is 6.91. The molecule has 1 N–H and O–H groups in total. The van der Waals surface area contributed by atoms with Crippen LogP contribution in [-0.2, 0) is 25.7 Å². The number of benzene rings is 1. The van der Waals surface area contributed by atoms with E-state index in [9.17, 15) is 19.5 Å². The normalized spacial score (nSPS) is 30.7. The Kier molecular flexibility index (Phi) is 9.44. The third-order valence-corrected chi connectivity index (χ3v) is 9.60. The fourth-order valence-electron chi connectivity index (χ4n) is 7.62. The summed E-state index contributed by atoms with van der Waals surface area (Å²) in [6.07, 6.45) is 6.01. The molecule has 4 unspecified atom stereocenters. The average molecular weight is 566 g/mol. The first-order chi connectivity index (χ1) is 19.6. The van der Waals surface area contributed by atoms with Crippen LogP contribution in [0.5, 0.6) is 0 Å². The number of aliphatic hydroxyl groups is 1. The average Bonchev–Trinajstić information content (AvgIpc) is 3.46. The molecule has 41 heavy (non-hydrogen) atoms. The number of carbonyl (C=O) groups excluding carboxylic acids is 3. The van der Waals surface area contributed by atoms with Gasteiger partial charge < -0.3 is 24.5 Å². The number of rotatable bonds is 14. The predicted molar refractivity (Wildman–Crippen MR) is 159 cm³/mol. The lowest BCUT2D eigenvalue weighted by Gasteiger charge is -2.40. The van der Waals surface area contributed by atoms with E-state index < -0.39 is 29.1 Å². The van der Waals surface area contributed by atoms with Gasteiger partial charge in [-0.05, 0) is 44.6 Å². The summed E-state index contributed by atoms with van der Waals surface area (Å²) >= 11 is 0. The first kappa shape index (κ1) is 31.0. The summed E-state index contributed by atoms with van der Waals surface area (Å²) in [7, 11) is 0. The van der Waals surface area contributed by atoms with E-state index in [1.54, 1.807) is 26.9 Å². The highest BCUT2D eigenvalue weighted by atomic mass is 16.5. The van der Waals surface area contributed by atoms with Gasteiger partial charge in [-0.3, -0.25) is 14.4 Å². The molecule has 3 heterocycles. The van der Waals surface area contributed by atoms with Crippen molar-refractivity contribution < 1.29 is 24.2 Å². The topological polar surface area (TPSA) is 90.4 Å². The van der Waals surface area contributed by atoms with Gasteiger partial charge in [0.1, 0.15) is 11.6 Å². The van der Waals surface area contributed by atoms with Gasteiger partial charge in [0.05, 0.1) is 17.4 Å². The van der Waals surface area contributed by atoms with Crippen molar-refractivity contribution in [3.05, 3.63) is 61.2 Å². The maximum absolute atomic E-state index is 14.5. The Balaban J connectivity index is 1.78. The number of hydrogen-bond donors (Lipinski definition) is 1. The van der Waals surface area contributed by atoms with Crippen molar-refractivity contribution in [2.75, 3.05) is 26.2 Å². The Labute approximate surface area is 245 Å². The van der Waals surface area contributed by atoms with Crippen LogP contribution in [-0.4, -0.2) is 87.1 Å². The monoisotopic (exact) mass is 565 g/mol. The molecule has 3 aliphatic heterocycles. The van der Waals surface area contributed by atoms with Crippen LogP contribution in [0.15, 0.2) is 55.6 Å². The molecule has 3 saturated heterocycles. The van der Waals surface area contributed by atoms with Crippen LogP contribution < -0.4 is 0 Å². The molecule has 224 valence electrons. The van der Waals surface area contributed by atoms with E-state index in [0.717, 1.165) is 18.4 Å². The van der Waals surface area contributed by atoms with Gasteiger partial charge in [0.2, 0.25) is 17.7 Å². The maximum Gasteiger partial charge on any atom is 0.248 e. The summed E-state index contributed by atoms with van der Waals surface area (Å²) in [5.41, 5.74) is -1.02. The maximum atomic E-state index is 14.5. The van der Waals surface area contributed by atoms with Gasteiger partial charge in [-0.1, -0.05) is 62.8 Å². The number of fused-ring (bicyclic) bond motifs is 1. The fraction of sp³-hybridized carbons (Fsp3) is 0.606. The van der Waals surface area contributed by atoms with Crippen molar-refractivity contribution >= 4 is 17.7 Å². The molecule has 1 aromatic carbocycles. The van der Waals surface area contributed by atoms with Crippen molar-refractivity contribution in [1.29, 1.82) is 0 Å². The lowest BCUT2D eigenvalue weighted by atomic mass is 9.62. The molecular weight excluding hydrogens is 518 g/mol. The Bertz CT molecular complexity index is 1140. The van der Waals surface area contributed by atoms with Crippen molar-refractivity contribution in [2.24, 2.45) is 17.8 Å². The van der Waals surface area contributed by atoms with Crippen LogP contribution in [0, 0.1) is 17.8 Å². The summed E-state index contributed by atoms with van der Waals surface area (Å²) in [4.78, 5) is 48.5. The van der Waals surface area contributed by atoms with Crippen LogP contribution in [0.1, 0.15) is 58.9 Å². The zero-order valence-electron chi connectivity index (χ0n) is 25.1. The van der Waals surface area contributed by atoms with E-state index in [4.69, 9.17) is 4.74 Å². The highest BCUT2D eigenvalue weighted by molar-refractivity contribution is 5.99. The third kappa shape index (κ3) is 5.25. The quantitative estimate of drug-likeness (QED) is 0.347. The van der Waals surface area contributed by atoms with Gasteiger partial charge in [0.25, 0.3) is 0 Å². The summed E-state index contributed by atoms with van der Waals surface area (Å²) in [5.74, 6) is -2.11. The van der Waals surface area contributed by atoms with Gasteiger partial charge in [0.15, 0.2) is 0 Å². The molecule has 7 atom stereocenters. The first-order valence-electron chi connectivity index (χ1n) is 15.1. The molecule has 8 heteroatoms. The largest absolute Gasteiger partial charge is 0.396 e. The third-order valence-electron chi connectivity index (χ3n) is 9.60. The Morgan fingerprint density at radius 3 is 2.49 bits per heavy atom. The van der Waals surface area contributed by atoms with E-state index in [0.29, 0.717) is 32.5 Å². The molecule has 0 saturated carbocycles. The minimum absolute atomic E-state index is 0.0446. The highest BCUT2D eigenvalue weighted by Gasteiger charge is 2.80. The number of hydrogen-bond acceptors (Lipinski definition) is 5. The minimum Gasteiger partial charge on any atom is -0.396 e. The van der Waals surface area contributed by atoms with Gasteiger partial charge in [0, 0.05) is 38.8 Å². The standard InChI is InChI=1S/C33H47N3O5/c1-7-14-24(5)35(18-9-3)31(40)28-33-21-23(4)32(6,41-33)26(27(33)30(39)36(28)19-13-20-37)29(38)34(17-8-2)22-25-15-11-10-12-16-25/h8-12,15-16,23-24,26-28,37H,2-3,7,13-14,17-22H2,1,4-6H3/t23?,24?,26-,27+,28?,32+,33?/m1/s1. The molecule has 3 amide bonds. The molecule has 2 bridgehead atoms. The molecule has 3 fully saturated rings. The Morgan fingerprint density at radius 2 is 1.88 bits per heavy atom. The van der Waals surface area contributed by atoms with Crippen LogP contribution in [0.2, 0.25) is 0 Å². The van der Waals surface area contributed by atoms with E-state index in [1.807, 2.05) is 44.2 Å². The number of nitrogens with zero attached hydrogens (tertiary/aromatic N) is 3. The fourth-order valence-corrected chi connectivity index (χ4v) is 7.62. The van der Waals surface area contributed by atoms with Crippen molar-refractivity contribution in [2.45, 2.75) is 83.2 Å². The van der Waals surface area contributed by atoms with Gasteiger partial charge >= 0.3 is 0 Å².